The zero-order valence-corrected chi connectivity index (χ0v) is 8.98. The van der Waals surface area contributed by atoms with E-state index in [9.17, 15) is 0 Å². The van der Waals surface area contributed by atoms with Gasteiger partial charge in [0.25, 0.3) is 0 Å². The predicted octanol–water partition coefficient (Wildman–Crippen LogP) is 2.92. The quantitative estimate of drug-likeness (QED) is 0.852. The van der Waals surface area contributed by atoms with Crippen molar-refractivity contribution in [3.63, 3.8) is 0 Å². The van der Waals surface area contributed by atoms with Gasteiger partial charge in [0.15, 0.2) is 0 Å². The summed E-state index contributed by atoms with van der Waals surface area (Å²) in [5, 5.41) is 0.743. The lowest BCUT2D eigenvalue weighted by atomic mass is 10.1. The highest BCUT2D eigenvalue weighted by Gasteiger charge is 2.06. The third-order valence-electron chi connectivity index (χ3n) is 1.94. The molecular formula is C10H9ClN2S. The Morgan fingerprint density at radius 2 is 2.00 bits per heavy atom. The first-order chi connectivity index (χ1) is 6.81. The number of hydrogen-bond acceptors (Lipinski definition) is 3. The second-order valence-corrected chi connectivity index (χ2v) is 4.13. The molecule has 0 spiro atoms. The van der Waals surface area contributed by atoms with E-state index in [1.54, 1.807) is 11.3 Å². The fraction of sp³-hybridized carbons (Fsp3) is 0.100. The highest BCUT2D eigenvalue weighted by Crippen LogP contribution is 2.28. The average molecular weight is 225 g/mol. The van der Waals surface area contributed by atoms with Crippen LogP contribution in [0.4, 0.5) is 0 Å². The van der Waals surface area contributed by atoms with Crippen LogP contribution in [0.15, 0.2) is 29.8 Å². The summed E-state index contributed by atoms with van der Waals surface area (Å²) < 4.78 is 0. The van der Waals surface area contributed by atoms with E-state index in [4.69, 9.17) is 17.3 Å². The van der Waals surface area contributed by atoms with Crippen LogP contribution >= 0.6 is 22.9 Å². The summed E-state index contributed by atoms with van der Waals surface area (Å²) in [5.74, 6) is 0. The third kappa shape index (κ3) is 1.80. The van der Waals surface area contributed by atoms with Gasteiger partial charge in [-0.1, -0.05) is 23.7 Å². The number of thiazole rings is 1. The topological polar surface area (TPSA) is 38.9 Å². The molecule has 2 rings (SSSR count). The fourth-order valence-corrected chi connectivity index (χ4v) is 2.21. The summed E-state index contributed by atoms with van der Waals surface area (Å²) in [6.45, 7) is 0.474. The maximum absolute atomic E-state index is 5.81. The molecule has 0 fully saturated rings. The molecule has 1 heterocycles. The number of halogens is 1. The minimum atomic E-state index is 0.474. The molecule has 72 valence electrons. The zero-order valence-electron chi connectivity index (χ0n) is 7.40. The maximum Gasteiger partial charge on any atom is 0.0802 e. The van der Waals surface area contributed by atoms with Crippen molar-refractivity contribution in [1.82, 2.24) is 4.98 Å². The molecule has 2 nitrogen and oxygen atoms in total. The van der Waals surface area contributed by atoms with E-state index in [0.717, 1.165) is 21.2 Å². The Labute approximate surface area is 91.4 Å². The van der Waals surface area contributed by atoms with Crippen molar-refractivity contribution in [1.29, 1.82) is 0 Å². The van der Waals surface area contributed by atoms with Crippen LogP contribution in [0.3, 0.4) is 0 Å². The minimum absolute atomic E-state index is 0.474. The second-order valence-electron chi connectivity index (χ2n) is 2.84. The lowest BCUT2D eigenvalue weighted by molar-refractivity contribution is 1.01. The molecule has 0 aliphatic heterocycles. The molecular weight excluding hydrogens is 216 g/mol. The highest BCUT2D eigenvalue weighted by atomic mass is 35.5. The summed E-state index contributed by atoms with van der Waals surface area (Å²) in [7, 11) is 0. The van der Waals surface area contributed by atoms with Crippen LogP contribution in [0, 0.1) is 0 Å². The number of benzene rings is 1. The lowest BCUT2D eigenvalue weighted by Gasteiger charge is -1.99. The Bertz CT molecular complexity index is 422. The van der Waals surface area contributed by atoms with Crippen molar-refractivity contribution in [3.05, 3.63) is 40.5 Å². The summed E-state index contributed by atoms with van der Waals surface area (Å²) in [6.07, 6.45) is 0. The molecule has 4 heteroatoms. The number of rotatable bonds is 2. The van der Waals surface area contributed by atoms with E-state index in [2.05, 4.69) is 4.98 Å². The molecule has 0 unspecified atom stereocenters. The predicted molar refractivity (Wildman–Crippen MR) is 60.5 cm³/mol. The highest BCUT2D eigenvalue weighted by molar-refractivity contribution is 7.13. The molecule has 2 aromatic rings. The Kier molecular flexibility index (Phi) is 2.82. The first-order valence-corrected chi connectivity index (χ1v) is 5.45. The van der Waals surface area contributed by atoms with Gasteiger partial charge in [-0.15, -0.1) is 11.3 Å². The Balaban J connectivity index is 2.44. The van der Waals surface area contributed by atoms with Crippen molar-refractivity contribution in [2.45, 2.75) is 6.54 Å². The Morgan fingerprint density at radius 1 is 1.29 bits per heavy atom. The van der Waals surface area contributed by atoms with Crippen molar-refractivity contribution < 1.29 is 0 Å². The first-order valence-electron chi connectivity index (χ1n) is 4.19. The molecule has 1 aromatic carbocycles. The summed E-state index contributed by atoms with van der Waals surface area (Å²) >= 11 is 7.41. The molecule has 1 aromatic heterocycles. The van der Waals surface area contributed by atoms with Crippen molar-refractivity contribution in [2.24, 2.45) is 5.73 Å². The first kappa shape index (κ1) is 9.65. The molecule has 0 amide bonds. The number of hydrogen-bond donors (Lipinski definition) is 1. The molecule has 0 saturated heterocycles. The van der Waals surface area contributed by atoms with Gasteiger partial charge in [0.05, 0.1) is 16.1 Å². The van der Waals surface area contributed by atoms with Crippen LogP contribution in [0.25, 0.3) is 10.4 Å². The van der Waals surface area contributed by atoms with Crippen molar-refractivity contribution >= 4 is 22.9 Å². The molecule has 2 N–H and O–H groups in total. The number of aromatic nitrogens is 1. The molecule has 0 aliphatic carbocycles. The fourth-order valence-electron chi connectivity index (χ4n) is 1.25. The molecule has 0 saturated carbocycles. The van der Waals surface area contributed by atoms with Gasteiger partial charge in [-0.3, -0.25) is 0 Å². The average Bonchev–Trinajstić information content (AvgIpc) is 2.67. The minimum Gasteiger partial charge on any atom is -0.325 e. The zero-order chi connectivity index (χ0) is 9.97. The van der Waals surface area contributed by atoms with Gasteiger partial charge in [-0.05, 0) is 17.7 Å². The van der Waals surface area contributed by atoms with Crippen LogP contribution < -0.4 is 5.73 Å². The van der Waals surface area contributed by atoms with Crippen LogP contribution in [-0.2, 0) is 6.54 Å². The normalized spacial score (nSPS) is 10.4. The second kappa shape index (κ2) is 4.09. The van der Waals surface area contributed by atoms with Crippen LogP contribution in [0.2, 0.25) is 5.02 Å². The SMILES string of the molecule is NCc1ncsc1-c1ccc(Cl)cc1. The largest absolute Gasteiger partial charge is 0.325 e. The Hall–Kier alpha value is -0.900. The van der Waals surface area contributed by atoms with E-state index in [-0.39, 0.29) is 0 Å². The summed E-state index contributed by atoms with van der Waals surface area (Å²) in [4.78, 5) is 5.32. The van der Waals surface area contributed by atoms with Gasteiger partial charge < -0.3 is 5.73 Å². The molecule has 0 radical (unpaired) electrons. The summed E-state index contributed by atoms with van der Waals surface area (Å²) in [6, 6.07) is 7.71. The van der Waals surface area contributed by atoms with E-state index in [0.29, 0.717) is 6.54 Å². The van der Waals surface area contributed by atoms with E-state index in [1.807, 2.05) is 29.8 Å². The maximum atomic E-state index is 5.81. The van der Waals surface area contributed by atoms with Crippen LogP contribution in [0.1, 0.15) is 5.69 Å². The van der Waals surface area contributed by atoms with E-state index < -0.39 is 0 Å². The van der Waals surface area contributed by atoms with Gasteiger partial charge in [-0.2, -0.15) is 0 Å². The van der Waals surface area contributed by atoms with Gasteiger partial charge in [0.2, 0.25) is 0 Å². The van der Waals surface area contributed by atoms with Crippen LogP contribution in [0.5, 0.6) is 0 Å². The van der Waals surface area contributed by atoms with E-state index in [1.165, 1.54) is 0 Å². The lowest BCUT2D eigenvalue weighted by Crippen LogP contribution is -1.97. The van der Waals surface area contributed by atoms with Crippen LogP contribution in [-0.4, -0.2) is 4.98 Å². The van der Waals surface area contributed by atoms with E-state index >= 15 is 0 Å². The van der Waals surface area contributed by atoms with Gasteiger partial charge >= 0.3 is 0 Å². The standard InChI is InChI=1S/C10H9ClN2S/c11-8-3-1-7(2-4-8)10-9(5-12)13-6-14-10/h1-4,6H,5,12H2. The number of nitrogens with zero attached hydrogens (tertiary/aromatic N) is 1. The molecule has 0 bridgehead atoms. The number of nitrogens with two attached hydrogens (primary N) is 1. The third-order valence-corrected chi connectivity index (χ3v) is 3.11. The smallest absolute Gasteiger partial charge is 0.0802 e. The molecule has 14 heavy (non-hydrogen) atoms. The monoisotopic (exact) mass is 224 g/mol. The van der Waals surface area contributed by atoms with Crippen molar-refractivity contribution in [3.8, 4) is 10.4 Å². The van der Waals surface area contributed by atoms with Gasteiger partial charge in [0, 0.05) is 11.6 Å². The molecule has 0 aliphatic rings. The van der Waals surface area contributed by atoms with Gasteiger partial charge in [0.1, 0.15) is 0 Å². The van der Waals surface area contributed by atoms with Crippen molar-refractivity contribution in [2.75, 3.05) is 0 Å². The molecule has 0 atom stereocenters. The van der Waals surface area contributed by atoms with Gasteiger partial charge in [-0.25, -0.2) is 4.98 Å². The Morgan fingerprint density at radius 3 is 2.64 bits per heavy atom. The summed E-state index contributed by atoms with van der Waals surface area (Å²) in [5.41, 5.74) is 9.46.